The van der Waals surface area contributed by atoms with E-state index in [2.05, 4.69) is 30.8 Å². The molecule has 0 radical (unpaired) electrons. The number of phenols is 2. The van der Waals surface area contributed by atoms with Crippen LogP contribution < -0.4 is 31.8 Å². The fourth-order valence-corrected chi connectivity index (χ4v) is 8.47. The van der Waals surface area contributed by atoms with Crippen LogP contribution in [0.1, 0.15) is 19.4 Å². The second-order valence-corrected chi connectivity index (χ2v) is 17.0. The van der Waals surface area contributed by atoms with Crippen LogP contribution >= 0.6 is 46.4 Å². The zero-order valence-corrected chi connectivity index (χ0v) is 40.0. The normalized spacial score (nSPS) is 11.0. The summed E-state index contributed by atoms with van der Waals surface area (Å²) in [6.07, 6.45) is 4.58. The number of nitrogens with zero attached hydrogens (tertiary/aromatic N) is 8. The average Bonchev–Trinajstić information content (AvgIpc) is 3.34. The number of carbonyl (C=O) groups is 2. The third-order valence-electron chi connectivity index (χ3n) is 10.8. The molecule has 70 heavy (non-hydrogen) atoms. The third-order valence-corrected chi connectivity index (χ3v) is 11.9. The van der Waals surface area contributed by atoms with E-state index in [1.165, 1.54) is 30.3 Å². The third kappa shape index (κ3) is 9.73. The highest BCUT2D eigenvalue weighted by molar-refractivity contribution is 6.42. The predicted octanol–water partition coefficient (Wildman–Crippen LogP) is 11.5. The maximum absolute atomic E-state index is 15.2. The molecule has 21 heteroatoms. The molecule has 0 fully saturated rings. The Morgan fingerprint density at radius 1 is 0.586 bits per heavy atom. The summed E-state index contributed by atoms with van der Waals surface area (Å²) in [5.74, 6) is -1.35. The largest absolute Gasteiger partial charge is 0.507 e. The molecule has 4 aromatic carbocycles. The van der Waals surface area contributed by atoms with E-state index in [1.807, 2.05) is 13.0 Å². The lowest BCUT2D eigenvalue weighted by atomic mass is 9.99. The molecule has 4 heterocycles. The van der Waals surface area contributed by atoms with Crippen molar-refractivity contribution in [1.82, 2.24) is 29.5 Å². The van der Waals surface area contributed by atoms with Gasteiger partial charge in [-0.1, -0.05) is 107 Å². The highest BCUT2D eigenvalue weighted by Gasteiger charge is 2.37. The zero-order chi connectivity index (χ0) is 50.0. The lowest BCUT2D eigenvalue weighted by Gasteiger charge is -2.36. The molecular formula is C49H37Cl4FN10O6. The molecule has 0 unspecified atom stereocenters. The predicted molar refractivity (Wildman–Crippen MR) is 270 cm³/mol. The Balaban J connectivity index is 1.25. The standard InChI is InChI=1S/C49H37Cl4FN10O6/c1-4-61-46(67)39(20-37(59-61)29-11-6-9-27(18-29)31-13-8-14-42(66)43(31)54)57-48(69)63(44-33(50)22-55-23-34(44)51)64(45-35(52)24-56-25-36(45)53)49(70)58-40-21-38(60-62(5-2)47(40)68)30-12-7-10-28(19-30)32-17-26(3)15-16-41(32)65/h6-25,65-66H,4-5H2,1-3H3,(H,57,69)(H,58,70). The molecule has 4 amide bonds. The molecule has 4 aromatic heterocycles. The Kier molecular flexibility index (Phi) is 14.2. The molecule has 0 saturated carbocycles. The first-order valence-corrected chi connectivity index (χ1v) is 22.6. The molecule has 0 saturated heterocycles. The number of hydrazine groups is 1. The number of rotatable bonds is 10. The van der Waals surface area contributed by atoms with Gasteiger partial charge in [0.25, 0.3) is 11.1 Å². The van der Waals surface area contributed by atoms with Crippen LogP contribution in [0.15, 0.2) is 131 Å². The van der Waals surface area contributed by atoms with E-state index in [0.717, 1.165) is 39.7 Å². The Bertz CT molecular complexity index is 3280. The van der Waals surface area contributed by atoms with E-state index in [-0.39, 0.29) is 78.6 Å². The van der Waals surface area contributed by atoms with Crippen molar-refractivity contribution in [3.63, 3.8) is 0 Å². The number of carbonyl (C=O) groups excluding carboxylic acids is 2. The van der Waals surface area contributed by atoms with Gasteiger partial charge in [0.1, 0.15) is 28.5 Å². The van der Waals surface area contributed by atoms with E-state index in [0.29, 0.717) is 37.8 Å². The quantitative estimate of drug-likeness (QED) is 0.0955. The fraction of sp³-hybridized carbons (Fsp3) is 0.102. The number of hydrogen-bond acceptors (Lipinski definition) is 10. The van der Waals surface area contributed by atoms with Crippen LogP contribution in [0.4, 0.5) is 36.7 Å². The van der Waals surface area contributed by atoms with Crippen molar-refractivity contribution in [2.24, 2.45) is 0 Å². The van der Waals surface area contributed by atoms with Gasteiger partial charge in [-0.2, -0.15) is 20.2 Å². The van der Waals surface area contributed by atoms with Crippen LogP contribution in [0.5, 0.6) is 11.5 Å². The van der Waals surface area contributed by atoms with Gasteiger partial charge in [0.15, 0.2) is 11.6 Å². The Hall–Kier alpha value is -7.83. The van der Waals surface area contributed by atoms with Crippen LogP contribution in [-0.4, -0.2) is 51.8 Å². The van der Waals surface area contributed by atoms with E-state index in [1.54, 1.807) is 74.5 Å². The number of phenolic OH excluding ortho intramolecular Hbond substituents is 2. The fourth-order valence-electron chi connectivity index (χ4n) is 7.42. The number of urea groups is 2. The zero-order valence-electron chi connectivity index (χ0n) is 37.0. The Morgan fingerprint density at radius 2 is 1.01 bits per heavy atom. The number of benzene rings is 4. The number of aryl methyl sites for hydroxylation is 3. The van der Waals surface area contributed by atoms with Crippen LogP contribution in [-0.2, 0) is 13.1 Å². The van der Waals surface area contributed by atoms with E-state index in [9.17, 15) is 19.8 Å². The van der Waals surface area contributed by atoms with Gasteiger partial charge >= 0.3 is 12.1 Å². The van der Waals surface area contributed by atoms with Gasteiger partial charge in [-0.05, 0) is 74.4 Å². The number of aromatic hydroxyl groups is 2. The lowest BCUT2D eigenvalue weighted by Crippen LogP contribution is -2.55. The van der Waals surface area contributed by atoms with E-state index < -0.39 is 34.7 Å². The Labute approximate surface area is 417 Å². The summed E-state index contributed by atoms with van der Waals surface area (Å²) in [7, 11) is 0. The van der Waals surface area contributed by atoms with Crippen LogP contribution in [0, 0.1) is 12.7 Å². The van der Waals surface area contributed by atoms with Gasteiger partial charge in [-0.3, -0.25) is 19.6 Å². The SMILES string of the molecule is CCn1nc(-c2cccc(-c3cc(C)ccc3O)c2)cc(NC(=O)N(c2c(Cl)cncc2Cl)N(C(=O)Nc2cc(-c3cccc(-c4cccc(O)c4F)c3)nn(CC)c2=O)c2c(Cl)cncc2Cl)c1=O. The van der Waals surface area contributed by atoms with E-state index in [4.69, 9.17) is 46.4 Å². The monoisotopic (exact) mass is 1020 g/mol. The van der Waals surface area contributed by atoms with Gasteiger partial charge in [0, 0.05) is 60.1 Å². The van der Waals surface area contributed by atoms with Crippen LogP contribution in [0.25, 0.3) is 44.8 Å². The average molecular weight is 1020 g/mol. The minimum atomic E-state index is -1.24. The second-order valence-electron chi connectivity index (χ2n) is 15.3. The molecule has 0 atom stereocenters. The van der Waals surface area contributed by atoms with Gasteiger partial charge < -0.3 is 20.8 Å². The van der Waals surface area contributed by atoms with Crippen molar-refractivity contribution in [2.45, 2.75) is 33.9 Å². The molecule has 8 rings (SSSR count). The van der Waals surface area contributed by atoms with E-state index >= 15 is 14.0 Å². The summed E-state index contributed by atoms with van der Waals surface area (Å²) >= 11 is 27.0. The lowest BCUT2D eigenvalue weighted by molar-refractivity contribution is 0.248. The number of halogens is 5. The summed E-state index contributed by atoms with van der Waals surface area (Å²) in [5.41, 5.74) is 1.01. The summed E-state index contributed by atoms with van der Waals surface area (Å²) in [6.45, 7) is 5.31. The molecule has 16 nitrogen and oxygen atoms in total. The second kappa shape index (κ2) is 20.4. The van der Waals surface area contributed by atoms with Gasteiger partial charge in [-0.15, -0.1) is 0 Å². The molecule has 0 aliphatic rings. The van der Waals surface area contributed by atoms with Crippen LogP contribution in [0.3, 0.4) is 0 Å². The molecule has 0 aliphatic carbocycles. The maximum Gasteiger partial charge on any atom is 0.346 e. The number of anilines is 4. The number of nitrogens with one attached hydrogen (secondary N) is 2. The smallest absolute Gasteiger partial charge is 0.346 e. The molecule has 4 N–H and O–H groups in total. The summed E-state index contributed by atoms with van der Waals surface area (Å²) in [6, 6.07) is 23.0. The first-order valence-electron chi connectivity index (χ1n) is 21.1. The van der Waals surface area contributed by atoms with Gasteiger partial charge in [0.05, 0.1) is 31.5 Å². The number of pyridine rings is 2. The number of amides is 4. The summed E-state index contributed by atoms with van der Waals surface area (Å²) < 4.78 is 17.2. The summed E-state index contributed by atoms with van der Waals surface area (Å²) in [5, 5.41) is 35.2. The molecule has 8 aromatic rings. The maximum atomic E-state index is 15.2. The number of hydrogen-bond donors (Lipinski definition) is 4. The molecule has 0 bridgehead atoms. The van der Waals surface area contributed by atoms with Crippen molar-refractivity contribution >= 4 is 81.2 Å². The van der Waals surface area contributed by atoms with Crippen molar-refractivity contribution in [3.05, 3.63) is 174 Å². The topological polar surface area (TPSA) is 201 Å². The van der Waals surface area contributed by atoms with Crippen molar-refractivity contribution in [1.29, 1.82) is 0 Å². The molecule has 0 spiro atoms. The number of aromatic nitrogens is 6. The van der Waals surface area contributed by atoms with Gasteiger partial charge in [0.2, 0.25) is 0 Å². The van der Waals surface area contributed by atoms with Crippen molar-refractivity contribution in [2.75, 3.05) is 20.7 Å². The van der Waals surface area contributed by atoms with Crippen molar-refractivity contribution in [3.8, 4) is 56.3 Å². The Morgan fingerprint density at radius 3 is 1.47 bits per heavy atom. The first kappa shape index (κ1) is 48.6. The molecule has 0 aliphatic heterocycles. The first-order chi connectivity index (χ1) is 33.6. The highest BCUT2D eigenvalue weighted by Crippen LogP contribution is 2.41. The summed E-state index contributed by atoms with van der Waals surface area (Å²) in [4.78, 5) is 66.4. The molecular weight excluding hydrogens is 985 g/mol. The minimum Gasteiger partial charge on any atom is -0.507 e. The molecule has 354 valence electrons. The van der Waals surface area contributed by atoms with Crippen molar-refractivity contribution < 1.29 is 24.2 Å². The highest BCUT2D eigenvalue weighted by atomic mass is 35.5. The van der Waals surface area contributed by atoms with Gasteiger partial charge in [-0.25, -0.2) is 23.3 Å². The van der Waals surface area contributed by atoms with Crippen LogP contribution in [0.2, 0.25) is 20.1 Å². The minimum absolute atomic E-state index is 0.0286.